The zero-order valence-corrected chi connectivity index (χ0v) is 7.61. The molecule has 0 radical (unpaired) electrons. The Labute approximate surface area is 82.3 Å². The Hall–Kier alpha value is -1.73. The molecule has 1 rings (SSSR count). The average Bonchev–Trinajstić information content (AvgIpc) is 2.61. The summed E-state index contributed by atoms with van der Waals surface area (Å²) in [6, 6.07) is 1.18. The van der Waals surface area contributed by atoms with Crippen molar-refractivity contribution in [2.24, 2.45) is 0 Å². The van der Waals surface area contributed by atoms with Crippen molar-refractivity contribution in [3.8, 4) is 0 Å². The predicted octanol–water partition coefficient (Wildman–Crippen LogP) is 0.661. The molecule has 0 unspecified atom stereocenters. The summed E-state index contributed by atoms with van der Waals surface area (Å²) in [7, 11) is 1.14. The lowest BCUT2D eigenvalue weighted by atomic mass is 10.4. The van der Waals surface area contributed by atoms with Crippen molar-refractivity contribution in [1.82, 2.24) is 9.94 Å². The summed E-state index contributed by atoms with van der Waals surface area (Å²) in [5.74, 6) is -0.746. The Bertz CT molecular complexity index is 347. The van der Waals surface area contributed by atoms with Gasteiger partial charge in [-0.2, -0.15) is 13.2 Å². The van der Waals surface area contributed by atoms with E-state index in [1.807, 2.05) is 0 Å². The lowest BCUT2D eigenvalue weighted by Crippen LogP contribution is -2.26. The number of halogens is 3. The maximum absolute atomic E-state index is 11.7. The number of methoxy groups -OCH3 is 1. The van der Waals surface area contributed by atoms with Crippen LogP contribution in [0, 0.1) is 0 Å². The molecule has 84 valence electrons. The van der Waals surface area contributed by atoms with Gasteiger partial charge in [-0.25, -0.2) is 4.79 Å². The minimum Gasteiger partial charge on any atom is -0.464 e. The van der Waals surface area contributed by atoms with E-state index in [0.717, 1.165) is 13.3 Å². The topological polar surface area (TPSA) is 53.4 Å². The summed E-state index contributed by atoms with van der Waals surface area (Å²) >= 11 is 0. The van der Waals surface area contributed by atoms with E-state index in [1.54, 1.807) is 0 Å². The van der Waals surface area contributed by atoms with Gasteiger partial charge < -0.3 is 9.57 Å². The van der Waals surface area contributed by atoms with Gasteiger partial charge in [-0.3, -0.25) is 0 Å². The lowest BCUT2D eigenvalue weighted by Gasteiger charge is -2.07. The highest BCUT2D eigenvalue weighted by Gasteiger charge is 2.29. The van der Waals surface area contributed by atoms with Crippen molar-refractivity contribution in [2.75, 3.05) is 13.7 Å². The van der Waals surface area contributed by atoms with Gasteiger partial charge in [0.05, 0.1) is 13.3 Å². The fourth-order valence-electron chi connectivity index (χ4n) is 0.732. The normalized spacial score (nSPS) is 11.2. The van der Waals surface area contributed by atoms with E-state index in [1.165, 1.54) is 6.07 Å². The van der Waals surface area contributed by atoms with Crippen LogP contribution in [0.5, 0.6) is 0 Å². The predicted molar refractivity (Wildman–Crippen MR) is 41.1 cm³/mol. The van der Waals surface area contributed by atoms with E-state index in [2.05, 4.69) is 14.7 Å². The van der Waals surface area contributed by atoms with Crippen molar-refractivity contribution in [1.29, 1.82) is 0 Å². The van der Waals surface area contributed by atoms with Crippen molar-refractivity contribution in [3.05, 3.63) is 18.0 Å². The molecule has 1 heterocycles. The van der Waals surface area contributed by atoms with Gasteiger partial charge in [0.1, 0.15) is 0 Å². The molecule has 5 nitrogen and oxygen atoms in total. The van der Waals surface area contributed by atoms with Crippen LogP contribution in [-0.4, -0.2) is 35.8 Å². The minimum absolute atomic E-state index is 0.125. The van der Waals surface area contributed by atoms with Crippen molar-refractivity contribution in [2.45, 2.75) is 6.18 Å². The molecule has 0 aliphatic heterocycles. The number of esters is 1. The summed E-state index contributed by atoms with van der Waals surface area (Å²) in [6.45, 7) is -1.48. The SMILES string of the molecule is COC(=O)c1ccn(OCC(F)(F)F)n1. The van der Waals surface area contributed by atoms with Crippen LogP contribution >= 0.6 is 0 Å². The number of rotatable bonds is 3. The average molecular weight is 224 g/mol. The summed E-state index contributed by atoms with van der Waals surface area (Å²) in [5.41, 5.74) is -0.125. The molecule has 0 N–H and O–H groups in total. The highest BCUT2D eigenvalue weighted by atomic mass is 19.4. The Morgan fingerprint density at radius 2 is 2.27 bits per heavy atom. The third-order valence-corrected chi connectivity index (χ3v) is 1.32. The molecular formula is C7H7F3N2O3. The second-order valence-electron chi connectivity index (χ2n) is 2.48. The second kappa shape index (κ2) is 4.20. The Morgan fingerprint density at radius 3 is 2.80 bits per heavy atom. The molecular weight excluding hydrogens is 217 g/mol. The molecule has 0 aliphatic carbocycles. The minimum atomic E-state index is -4.45. The summed E-state index contributed by atoms with van der Waals surface area (Å²) in [4.78, 5) is 15.6. The van der Waals surface area contributed by atoms with E-state index < -0.39 is 18.8 Å². The van der Waals surface area contributed by atoms with Gasteiger partial charge in [0, 0.05) is 0 Å². The highest BCUT2D eigenvalue weighted by Crippen LogP contribution is 2.13. The summed E-state index contributed by atoms with van der Waals surface area (Å²) in [6.07, 6.45) is -3.37. The Balaban J connectivity index is 2.57. The number of hydrogen-bond acceptors (Lipinski definition) is 4. The number of ether oxygens (including phenoxy) is 1. The second-order valence-corrected chi connectivity index (χ2v) is 2.48. The van der Waals surface area contributed by atoms with Crippen LogP contribution < -0.4 is 4.84 Å². The first kappa shape index (κ1) is 11.3. The van der Waals surface area contributed by atoms with Crippen LogP contribution in [0.15, 0.2) is 12.3 Å². The number of carbonyl (C=O) groups excluding carboxylic acids is 1. The summed E-state index contributed by atoms with van der Waals surface area (Å²) < 4.78 is 39.4. The monoisotopic (exact) mass is 224 g/mol. The molecule has 15 heavy (non-hydrogen) atoms. The number of aromatic nitrogens is 2. The molecule has 0 atom stereocenters. The number of hydrogen-bond donors (Lipinski definition) is 0. The van der Waals surface area contributed by atoms with Crippen LogP contribution in [0.3, 0.4) is 0 Å². The van der Waals surface area contributed by atoms with Crippen molar-refractivity contribution < 1.29 is 27.5 Å². The van der Waals surface area contributed by atoms with Crippen LogP contribution in [-0.2, 0) is 4.74 Å². The molecule has 0 aromatic carbocycles. The molecule has 1 aromatic heterocycles. The van der Waals surface area contributed by atoms with Gasteiger partial charge in [-0.05, 0) is 6.07 Å². The molecule has 0 saturated carbocycles. The largest absolute Gasteiger partial charge is 0.464 e. The van der Waals surface area contributed by atoms with Gasteiger partial charge in [0.2, 0.25) is 6.61 Å². The van der Waals surface area contributed by atoms with E-state index in [9.17, 15) is 18.0 Å². The molecule has 0 saturated heterocycles. The number of alkyl halides is 3. The lowest BCUT2D eigenvalue weighted by molar-refractivity contribution is -0.178. The van der Waals surface area contributed by atoms with Crippen molar-refractivity contribution >= 4 is 5.97 Å². The maximum atomic E-state index is 11.7. The molecule has 0 spiro atoms. The van der Waals surface area contributed by atoms with E-state index in [-0.39, 0.29) is 5.69 Å². The molecule has 1 aromatic rings. The van der Waals surface area contributed by atoms with Crippen LogP contribution in [0.2, 0.25) is 0 Å². The fraction of sp³-hybridized carbons (Fsp3) is 0.429. The highest BCUT2D eigenvalue weighted by molar-refractivity contribution is 5.86. The van der Waals surface area contributed by atoms with E-state index >= 15 is 0 Å². The smallest absolute Gasteiger partial charge is 0.425 e. The standard InChI is InChI=1S/C7H7F3N2O3/c1-14-6(13)5-2-3-12(11-5)15-4-7(8,9)10/h2-3H,4H2,1H3. The van der Waals surface area contributed by atoms with Gasteiger partial charge in [-0.1, -0.05) is 0 Å². The molecule has 0 fully saturated rings. The zero-order chi connectivity index (χ0) is 11.5. The third-order valence-electron chi connectivity index (χ3n) is 1.32. The first-order chi connectivity index (χ1) is 6.92. The quantitative estimate of drug-likeness (QED) is 0.708. The van der Waals surface area contributed by atoms with Gasteiger partial charge in [0.25, 0.3) is 0 Å². The third kappa shape index (κ3) is 3.49. The molecule has 0 bridgehead atoms. The Kier molecular flexibility index (Phi) is 3.17. The fourth-order valence-corrected chi connectivity index (χ4v) is 0.732. The zero-order valence-electron chi connectivity index (χ0n) is 7.61. The van der Waals surface area contributed by atoms with E-state index in [0.29, 0.717) is 4.85 Å². The molecule has 0 aliphatic rings. The molecule has 8 heteroatoms. The van der Waals surface area contributed by atoms with Crippen LogP contribution in [0.4, 0.5) is 13.2 Å². The van der Waals surface area contributed by atoms with Gasteiger partial charge >= 0.3 is 12.1 Å². The number of carbonyl (C=O) groups is 1. The van der Waals surface area contributed by atoms with Gasteiger partial charge in [0.15, 0.2) is 5.69 Å². The summed E-state index contributed by atoms with van der Waals surface area (Å²) in [5, 5.41) is 3.40. The van der Waals surface area contributed by atoms with Gasteiger partial charge in [-0.15, -0.1) is 9.94 Å². The van der Waals surface area contributed by atoms with Crippen LogP contribution in [0.1, 0.15) is 10.5 Å². The van der Waals surface area contributed by atoms with Crippen molar-refractivity contribution in [3.63, 3.8) is 0 Å². The number of nitrogens with zero attached hydrogens (tertiary/aromatic N) is 2. The first-order valence-corrected chi connectivity index (χ1v) is 3.76. The first-order valence-electron chi connectivity index (χ1n) is 3.76. The molecule has 0 amide bonds. The van der Waals surface area contributed by atoms with Crippen LogP contribution in [0.25, 0.3) is 0 Å². The maximum Gasteiger partial charge on any atom is 0.425 e. The van der Waals surface area contributed by atoms with E-state index in [4.69, 9.17) is 0 Å². The Morgan fingerprint density at radius 1 is 1.60 bits per heavy atom.